The molecule has 0 aromatic heterocycles. The van der Waals surface area contributed by atoms with E-state index in [1.54, 1.807) is 24.3 Å². The molecule has 3 amide bonds. The Morgan fingerprint density at radius 3 is 2.27 bits per heavy atom. The fraction of sp³-hybridized carbons (Fsp3) is 0.448. The van der Waals surface area contributed by atoms with Gasteiger partial charge in [0.15, 0.2) is 15.6 Å². The van der Waals surface area contributed by atoms with Crippen LogP contribution in [-0.4, -0.2) is 93.3 Å². The number of benzene rings is 2. The lowest BCUT2D eigenvalue weighted by Crippen LogP contribution is -2.53. The monoisotopic (exact) mass is 568 g/mol. The van der Waals surface area contributed by atoms with Crippen LogP contribution in [0.3, 0.4) is 0 Å². The van der Waals surface area contributed by atoms with Crippen LogP contribution in [0.25, 0.3) is 0 Å². The average molecular weight is 569 g/mol. The first-order chi connectivity index (χ1) is 18.8. The van der Waals surface area contributed by atoms with Crippen molar-refractivity contribution < 1.29 is 27.6 Å². The SMILES string of the molecule is CC(C)CC(NC(=O)c1ccc(N(C)C)cc1)C(=O)N1CCC2C1C(=O)CN2C(=O)c1ccccc1S(C)(=O)=O. The van der Waals surface area contributed by atoms with E-state index in [0.717, 1.165) is 11.9 Å². The number of hydrogen-bond donors (Lipinski definition) is 1. The minimum absolute atomic E-state index is 0.00783. The Labute approximate surface area is 235 Å². The summed E-state index contributed by atoms with van der Waals surface area (Å²) in [5.74, 6) is -1.49. The van der Waals surface area contributed by atoms with Crippen molar-refractivity contribution in [1.82, 2.24) is 15.1 Å². The lowest BCUT2D eigenvalue weighted by Gasteiger charge is -2.29. The van der Waals surface area contributed by atoms with Crippen LogP contribution in [0.5, 0.6) is 0 Å². The summed E-state index contributed by atoms with van der Waals surface area (Å²) in [5, 5.41) is 2.87. The molecule has 10 nitrogen and oxygen atoms in total. The molecule has 0 saturated carbocycles. The second-order valence-electron chi connectivity index (χ2n) is 11.1. The van der Waals surface area contributed by atoms with E-state index in [1.807, 2.05) is 45.0 Å². The largest absolute Gasteiger partial charge is 0.378 e. The molecule has 0 aliphatic carbocycles. The van der Waals surface area contributed by atoms with Gasteiger partial charge >= 0.3 is 0 Å². The molecule has 3 unspecified atom stereocenters. The number of fused-ring (bicyclic) bond motifs is 1. The lowest BCUT2D eigenvalue weighted by atomic mass is 10.0. The van der Waals surface area contributed by atoms with Gasteiger partial charge in [-0.05, 0) is 55.2 Å². The van der Waals surface area contributed by atoms with Crippen molar-refractivity contribution in [2.45, 2.75) is 49.7 Å². The standard InChI is InChI=1S/C29H36N4O6S/c1-18(2)16-22(30-27(35)19-10-12-20(13-11-19)31(3)4)29(37)32-15-14-23-26(32)24(34)17-33(23)28(36)21-8-6-7-9-25(21)40(5,38)39/h6-13,18,22-23,26H,14-17H2,1-5H3,(H,30,35). The average Bonchev–Trinajstić information content (AvgIpc) is 3.48. The smallest absolute Gasteiger partial charge is 0.255 e. The maximum Gasteiger partial charge on any atom is 0.255 e. The van der Waals surface area contributed by atoms with Crippen molar-refractivity contribution in [3.05, 3.63) is 59.7 Å². The molecular weight excluding hydrogens is 532 g/mol. The van der Waals surface area contributed by atoms with Crippen molar-refractivity contribution in [1.29, 1.82) is 0 Å². The third-order valence-electron chi connectivity index (χ3n) is 7.44. The molecule has 2 aromatic rings. The van der Waals surface area contributed by atoms with Crippen LogP contribution in [0.4, 0.5) is 5.69 Å². The summed E-state index contributed by atoms with van der Waals surface area (Å²) in [5.41, 5.74) is 1.37. The highest BCUT2D eigenvalue weighted by Crippen LogP contribution is 2.32. The van der Waals surface area contributed by atoms with Crippen molar-refractivity contribution in [3.63, 3.8) is 0 Å². The van der Waals surface area contributed by atoms with Crippen molar-refractivity contribution in [2.75, 3.05) is 38.3 Å². The van der Waals surface area contributed by atoms with E-state index in [0.29, 0.717) is 18.4 Å². The Kier molecular flexibility index (Phi) is 8.34. The molecule has 2 aromatic carbocycles. The van der Waals surface area contributed by atoms with Crippen molar-refractivity contribution in [2.24, 2.45) is 5.92 Å². The summed E-state index contributed by atoms with van der Waals surface area (Å²) >= 11 is 0. The van der Waals surface area contributed by atoms with Gasteiger partial charge in [0.05, 0.1) is 23.0 Å². The molecule has 214 valence electrons. The van der Waals surface area contributed by atoms with E-state index in [-0.39, 0.29) is 47.1 Å². The summed E-state index contributed by atoms with van der Waals surface area (Å²) in [6.45, 7) is 3.94. The minimum Gasteiger partial charge on any atom is -0.378 e. The maximum absolute atomic E-state index is 13.8. The lowest BCUT2D eigenvalue weighted by molar-refractivity contribution is -0.138. The highest BCUT2D eigenvalue weighted by Gasteiger charge is 2.52. The number of likely N-dealkylation sites (tertiary alicyclic amines) is 2. The van der Waals surface area contributed by atoms with E-state index < -0.39 is 33.9 Å². The predicted octanol–water partition coefficient (Wildman–Crippen LogP) is 2.00. The Morgan fingerprint density at radius 1 is 1.02 bits per heavy atom. The Balaban J connectivity index is 1.54. The van der Waals surface area contributed by atoms with Crippen LogP contribution < -0.4 is 10.2 Å². The summed E-state index contributed by atoms with van der Waals surface area (Å²) in [4.78, 5) is 58.2. The molecule has 3 atom stereocenters. The Bertz CT molecular complexity index is 1420. The Morgan fingerprint density at radius 2 is 1.68 bits per heavy atom. The van der Waals surface area contributed by atoms with Crippen molar-refractivity contribution in [3.8, 4) is 0 Å². The first-order valence-corrected chi connectivity index (χ1v) is 15.2. The third kappa shape index (κ3) is 5.89. The van der Waals surface area contributed by atoms with Gasteiger partial charge in [0.25, 0.3) is 11.8 Å². The first kappa shape index (κ1) is 29.3. The molecule has 1 N–H and O–H groups in total. The number of hydrogen-bond acceptors (Lipinski definition) is 7. The highest BCUT2D eigenvalue weighted by atomic mass is 32.2. The predicted molar refractivity (Wildman–Crippen MR) is 151 cm³/mol. The number of ketones is 1. The molecular formula is C29H36N4O6S. The van der Waals surface area contributed by atoms with E-state index in [9.17, 15) is 27.6 Å². The first-order valence-electron chi connectivity index (χ1n) is 13.3. The Hall–Kier alpha value is -3.73. The summed E-state index contributed by atoms with van der Waals surface area (Å²) in [6.07, 6.45) is 1.79. The summed E-state index contributed by atoms with van der Waals surface area (Å²) in [7, 11) is 0.132. The molecule has 4 rings (SSSR count). The quantitative estimate of drug-likeness (QED) is 0.517. The van der Waals surface area contributed by atoms with Crippen LogP contribution in [0.15, 0.2) is 53.4 Å². The van der Waals surface area contributed by atoms with Gasteiger partial charge in [-0.1, -0.05) is 26.0 Å². The molecule has 2 aliphatic rings. The van der Waals surface area contributed by atoms with Crippen LogP contribution in [0.1, 0.15) is 47.4 Å². The number of sulfone groups is 1. The topological polar surface area (TPSA) is 124 Å². The summed E-state index contributed by atoms with van der Waals surface area (Å²) in [6, 6.07) is 10.7. The number of Topliss-reactive ketones (excluding diaryl/α,β-unsaturated/α-hetero) is 1. The zero-order valence-corrected chi connectivity index (χ0v) is 24.3. The number of nitrogens with zero attached hydrogens (tertiary/aromatic N) is 3. The van der Waals surface area contributed by atoms with Crippen LogP contribution in [0, 0.1) is 5.92 Å². The fourth-order valence-corrected chi connectivity index (χ4v) is 6.39. The zero-order chi connectivity index (χ0) is 29.4. The van der Waals surface area contributed by atoms with E-state index >= 15 is 0 Å². The van der Waals surface area contributed by atoms with Crippen molar-refractivity contribution >= 4 is 39.0 Å². The minimum atomic E-state index is -3.67. The number of carbonyl (C=O) groups excluding carboxylic acids is 4. The molecule has 0 radical (unpaired) electrons. The van der Waals surface area contributed by atoms with Gasteiger partial charge in [0, 0.05) is 38.1 Å². The van der Waals surface area contributed by atoms with Gasteiger partial charge < -0.3 is 20.0 Å². The van der Waals surface area contributed by atoms with Crippen LogP contribution >= 0.6 is 0 Å². The van der Waals surface area contributed by atoms with E-state index in [2.05, 4.69) is 5.32 Å². The van der Waals surface area contributed by atoms with Gasteiger partial charge in [-0.3, -0.25) is 19.2 Å². The molecule has 2 saturated heterocycles. The number of anilines is 1. The molecule has 0 spiro atoms. The molecule has 2 aliphatic heterocycles. The van der Waals surface area contributed by atoms with Gasteiger partial charge in [-0.2, -0.15) is 0 Å². The number of carbonyl (C=O) groups is 4. The van der Waals surface area contributed by atoms with Gasteiger partial charge in [-0.15, -0.1) is 0 Å². The van der Waals surface area contributed by atoms with Gasteiger partial charge in [-0.25, -0.2) is 8.42 Å². The number of rotatable bonds is 8. The second kappa shape index (κ2) is 11.4. The van der Waals surface area contributed by atoms with Gasteiger partial charge in [0.2, 0.25) is 5.91 Å². The maximum atomic E-state index is 13.8. The van der Waals surface area contributed by atoms with Gasteiger partial charge in [0.1, 0.15) is 12.1 Å². The highest BCUT2D eigenvalue weighted by molar-refractivity contribution is 7.90. The molecule has 40 heavy (non-hydrogen) atoms. The molecule has 2 fully saturated rings. The molecule has 2 heterocycles. The normalized spacial score (nSPS) is 19.5. The number of amides is 3. The number of nitrogens with one attached hydrogen (secondary N) is 1. The third-order valence-corrected chi connectivity index (χ3v) is 8.59. The van der Waals surface area contributed by atoms with Crippen LogP contribution in [0.2, 0.25) is 0 Å². The molecule has 11 heteroatoms. The fourth-order valence-electron chi connectivity index (χ4n) is 5.51. The zero-order valence-electron chi connectivity index (χ0n) is 23.5. The van der Waals surface area contributed by atoms with Crippen LogP contribution in [-0.2, 0) is 19.4 Å². The van der Waals surface area contributed by atoms with E-state index in [4.69, 9.17) is 0 Å². The molecule has 0 bridgehead atoms. The second-order valence-corrected chi connectivity index (χ2v) is 13.1. The summed E-state index contributed by atoms with van der Waals surface area (Å²) < 4.78 is 24.6. The van der Waals surface area contributed by atoms with E-state index in [1.165, 1.54) is 21.9 Å².